The van der Waals surface area contributed by atoms with Crippen LogP contribution in [0.15, 0.2) is 12.7 Å². The number of piperidine rings is 1. The number of Topliss-reactive ketones (excluding diaryl/α,β-unsaturated/α-hetero) is 1. The van der Waals surface area contributed by atoms with Crippen LogP contribution in [0.2, 0.25) is 0 Å². The van der Waals surface area contributed by atoms with Crippen molar-refractivity contribution in [2.75, 3.05) is 32.1 Å². The van der Waals surface area contributed by atoms with Crippen molar-refractivity contribution in [3.8, 4) is 0 Å². The minimum atomic E-state index is -3.81. The molecule has 6 atom stereocenters. The van der Waals surface area contributed by atoms with Crippen LogP contribution in [0.1, 0.15) is 137 Å². The number of ketones is 1. The third-order valence-corrected chi connectivity index (χ3v) is 17.5. The maximum absolute atomic E-state index is 15.1. The molecule has 6 aliphatic rings. The van der Waals surface area contributed by atoms with Gasteiger partial charge in [-0.2, -0.15) is 0 Å². The number of hydrogen-bond donors (Lipinski definition) is 4. The zero-order valence-corrected chi connectivity index (χ0v) is 37.0. The molecular formula is C44H71N5O9S. The van der Waals surface area contributed by atoms with Crippen molar-refractivity contribution in [2.24, 2.45) is 28.6 Å². The number of fused-ring (bicyclic) bond motifs is 1. The molecule has 4 saturated carbocycles. The molecule has 4 aliphatic carbocycles. The first-order valence-corrected chi connectivity index (χ1v) is 24.1. The molecule has 0 aromatic heterocycles. The van der Waals surface area contributed by atoms with Crippen LogP contribution in [0.25, 0.3) is 0 Å². The van der Waals surface area contributed by atoms with Gasteiger partial charge in [0.1, 0.15) is 12.1 Å². The summed E-state index contributed by atoms with van der Waals surface area (Å²) >= 11 is 0. The third kappa shape index (κ3) is 10.4. The summed E-state index contributed by atoms with van der Waals surface area (Å²) in [6.07, 6.45) is 13.5. The lowest BCUT2D eigenvalue weighted by atomic mass is 9.70. The molecule has 0 radical (unpaired) electrons. The molecule has 2 aliphatic heterocycles. The number of sulfone groups is 1. The smallest absolute Gasteiger partial charge is 0.315 e. The lowest BCUT2D eigenvalue weighted by Crippen LogP contribution is -2.65. The summed E-state index contributed by atoms with van der Waals surface area (Å²) in [4.78, 5) is 71.6. The molecule has 14 nitrogen and oxygen atoms in total. The molecule has 2 unspecified atom stereocenters. The van der Waals surface area contributed by atoms with Crippen molar-refractivity contribution in [2.45, 2.75) is 172 Å². The number of ether oxygens (including phenoxy) is 2. The second kappa shape index (κ2) is 18.1. The quantitative estimate of drug-likeness (QED) is 0.112. The predicted molar refractivity (Wildman–Crippen MR) is 224 cm³/mol. The maximum atomic E-state index is 15.1. The summed E-state index contributed by atoms with van der Waals surface area (Å²) in [5.41, 5.74) is -1.87. The number of carbonyl (C=O) groups is 5. The van der Waals surface area contributed by atoms with E-state index in [1.807, 2.05) is 6.92 Å². The van der Waals surface area contributed by atoms with Crippen LogP contribution in [0, 0.1) is 28.6 Å². The minimum Gasteiger partial charge on any atom is -0.353 e. The molecule has 0 aromatic carbocycles. The summed E-state index contributed by atoms with van der Waals surface area (Å²) < 4.78 is 38.8. The molecule has 59 heavy (non-hydrogen) atoms. The Morgan fingerprint density at radius 2 is 1.58 bits per heavy atom. The van der Waals surface area contributed by atoms with E-state index in [1.54, 1.807) is 18.7 Å². The molecule has 0 spiro atoms. The standard InChI is InChI=1S/C44H71N5O9S/c1-7-23-45-38(52)35(50)31(25-29-17-18-29)46-37(51)34-33-30(42(33,4)5)26-49(34)39(53)36(43(6)19-11-8-12-20-43)47-40(54)48-44(21-13-9-14-22-44)28-59(55,56)41(2,3)27-58-32-16-10-15-24-57-32/h7,29-34,36H,1,8-28H2,2-6H3,(H,45,52)(H,46,51)(H2,47,48,54)/t30?,31-,32?,33-,34-,36+/m0/s1. The normalized spacial score (nSPS) is 28.3. The number of urea groups is 1. The van der Waals surface area contributed by atoms with E-state index in [9.17, 15) is 27.6 Å². The molecule has 5 amide bonds. The van der Waals surface area contributed by atoms with Crippen molar-refractivity contribution in [3.63, 3.8) is 0 Å². The molecule has 6 rings (SSSR count). The van der Waals surface area contributed by atoms with E-state index in [0.29, 0.717) is 45.3 Å². The molecule has 6 fully saturated rings. The third-order valence-electron chi connectivity index (χ3n) is 14.8. The van der Waals surface area contributed by atoms with Gasteiger partial charge in [-0.1, -0.05) is 78.2 Å². The number of nitrogens with one attached hydrogen (secondary N) is 4. The van der Waals surface area contributed by atoms with Crippen molar-refractivity contribution >= 4 is 39.4 Å². The maximum Gasteiger partial charge on any atom is 0.315 e. The van der Waals surface area contributed by atoms with E-state index in [1.165, 1.54) is 6.08 Å². The van der Waals surface area contributed by atoms with Gasteiger partial charge in [-0.05, 0) is 93.8 Å². The largest absolute Gasteiger partial charge is 0.353 e. The van der Waals surface area contributed by atoms with Crippen LogP contribution in [-0.4, -0.2) is 110 Å². The van der Waals surface area contributed by atoms with Gasteiger partial charge in [-0.25, -0.2) is 13.2 Å². The Morgan fingerprint density at radius 1 is 0.915 bits per heavy atom. The topological polar surface area (TPSA) is 189 Å². The van der Waals surface area contributed by atoms with Crippen molar-refractivity contribution in [1.29, 1.82) is 0 Å². The van der Waals surface area contributed by atoms with Crippen molar-refractivity contribution in [1.82, 2.24) is 26.2 Å². The van der Waals surface area contributed by atoms with Crippen LogP contribution >= 0.6 is 0 Å². The highest BCUT2D eigenvalue weighted by molar-refractivity contribution is 7.92. The van der Waals surface area contributed by atoms with Crippen LogP contribution < -0.4 is 21.3 Å². The highest BCUT2D eigenvalue weighted by Crippen LogP contribution is 2.65. The van der Waals surface area contributed by atoms with E-state index < -0.39 is 73.6 Å². The Hall–Kier alpha value is -3.04. The lowest BCUT2D eigenvalue weighted by Gasteiger charge is -2.44. The van der Waals surface area contributed by atoms with Gasteiger partial charge >= 0.3 is 6.03 Å². The monoisotopic (exact) mass is 845 g/mol. The fraction of sp³-hybridized carbons (Fsp3) is 0.841. The number of nitrogens with zero attached hydrogens (tertiary/aromatic N) is 1. The van der Waals surface area contributed by atoms with Crippen LogP contribution in [-0.2, 0) is 38.5 Å². The van der Waals surface area contributed by atoms with E-state index in [-0.39, 0.29) is 48.0 Å². The van der Waals surface area contributed by atoms with Crippen LogP contribution in [0.4, 0.5) is 4.79 Å². The Labute approximate surface area is 351 Å². The van der Waals surface area contributed by atoms with Crippen molar-refractivity contribution < 1.29 is 41.9 Å². The summed E-state index contributed by atoms with van der Waals surface area (Å²) in [5, 5.41) is 11.7. The van der Waals surface area contributed by atoms with E-state index in [2.05, 4.69) is 41.7 Å². The number of hydrogen-bond acceptors (Lipinski definition) is 9. The Morgan fingerprint density at radius 3 is 2.19 bits per heavy atom. The molecular weight excluding hydrogens is 775 g/mol. The Bertz CT molecular complexity index is 1690. The molecule has 15 heteroatoms. The predicted octanol–water partition coefficient (Wildman–Crippen LogP) is 4.70. The Balaban J connectivity index is 1.21. The van der Waals surface area contributed by atoms with E-state index in [4.69, 9.17) is 9.47 Å². The summed E-state index contributed by atoms with van der Waals surface area (Å²) in [7, 11) is -3.81. The molecule has 2 saturated heterocycles. The summed E-state index contributed by atoms with van der Waals surface area (Å²) in [6, 6.07) is -3.48. The summed E-state index contributed by atoms with van der Waals surface area (Å²) in [6.45, 7) is 14.1. The molecule has 0 aromatic rings. The molecule has 332 valence electrons. The second-order valence-corrected chi connectivity index (χ2v) is 22.8. The zero-order chi connectivity index (χ0) is 42.8. The van der Waals surface area contributed by atoms with Crippen LogP contribution in [0.5, 0.6) is 0 Å². The molecule has 2 heterocycles. The van der Waals surface area contributed by atoms with Gasteiger partial charge in [0.15, 0.2) is 16.1 Å². The van der Waals surface area contributed by atoms with Gasteiger partial charge < -0.3 is 35.6 Å². The van der Waals surface area contributed by atoms with Crippen LogP contribution in [0.3, 0.4) is 0 Å². The van der Waals surface area contributed by atoms with Crippen molar-refractivity contribution in [3.05, 3.63) is 12.7 Å². The highest BCUT2D eigenvalue weighted by Gasteiger charge is 2.70. The average molecular weight is 846 g/mol. The minimum absolute atomic E-state index is 0.0292. The van der Waals surface area contributed by atoms with Gasteiger partial charge in [-0.15, -0.1) is 6.58 Å². The first-order valence-electron chi connectivity index (χ1n) is 22.4. The fourth-order valence-electron chi connectivity index (χ4n) is 10.5. The first kappa shape index (κ1) is 45.5. The van der Waals surface area contributed by atoms with Gasteiger partial charge in [0.25, 0.3) is 5.91 Å². The number of carbonyl (C=O) groups excluding carboxylic acids is 5. The highest BCUT2D eigenvalue weighted by atomic mass is 32.2. The summed E-state index contributed by atoms with van der Waals surface area (Å²) in [5.74, 6) is -2.44. The van der Waals surface area contributed by atoms with Gasteiger partial charge in [0.2, 0.25) is 17.6 Å². The van der Waals surface area contributed by atoms with E-state index >= 15 is 4.79 Å². The lowest BCUT2D eigenvalue weighted by molar-refractivity contribution is -0.165. The Kier molecular flexibility index (Phi) is 14.0. The van der Waals surface area contributed by atoms with Gasteiger partial charge in [0, 0.05) is 19.7 Å². The number of likely N-dealkylation sites (tertiary alicyclic amines) is 1. The SMILES string of the molecule is C=CCNC(=O)C(=O)[C@H](CC1CC1)NC(=O)[C@@H]1[C@@H]2C(CN1C(=O)[C@@H](NC(=O)NC1(CS(=O)(=O)C(C)(C)COC3CCCCO3)CCCCC1)C1(C)CCCCC1)C2(C)C. The van der Waals surface area contributed by atoms with E-state index in [0.717, 1.165) is 70.6 Å². The fourth-order valence-corrected chi connectivity index (χ4v) is 12.2. The molecule has 4 N–H and O–H groups in total. The van der Waals surface area contributed by atoms with Gasteiger partial charge in [-0.3, -0.25) is 19.2 Å². The number of amides is 5. The first-order chi connectivity index (χ1) is 27.8. The average Bonchev–Trinajstić information content (AvgIpc) is 4.05. The number of rotatable bonds is 18. The van der Waals surface area contributed by atoms with Gasteiger partial charge in [0.05, 0.1) is 28.7 Å². The molecule has 0 bridgehead atoms. The zero-order valence-electron chi connectivity index (χ0n) is 36.2. The second-order valence-electron chi connectivity index (χ2n) is 20.2.